The van der Waals surface area contributed by atoms with Crippen molar-refractivity contribution < 1.29 is 4.79 Å². The summed E-state index contributed by atoms with van der Waals surface area (Å²) in [5, 5.41) is -0.262. The third kappa shape index (κ3) is 3.37. The summed E-state index contributed by atoms with van der Waals surface area (Å²) in [5.74, 6) is 5.36. The number of thioether (sulfide) groups is 1. The Hall–Kier alpha value is -2.32. The molecule has 2 aromatic rings. The van der Waals surface area contributed by atoms with E-state index in [0.717, 1.165) is 17.3 Å². The first-order chi connectivity index (χ1) is 9.60. The molecule has 1 amide bonds. The van der Waals surface area contributed by atoms with Gasteiger partial charge in [0.25, 0.3) is 5.91 Å². The van der Waals surface area contributed by atoms with E-state index in [1.54, 1.807) is 0 Å². The molecule has 0 saturated carbocycles. The number of hydrogen-bond acceptors (Lipinski definition) is 7. The Morgan fingerprint density at radius 3 is 2.30 bits per heavy atom. The van der Waals surface area contributed by atoms with Crippen molar-refractivity contribution in [3.8, 4) is 0 Å². The zero-order valence-corrected chi connectivity index (χ0v) is 11.3. The molecule has 104 valence electrons. The van der Waals surface area contributed by atoms with Gasteiger partial charge in [-0.2, -0.15) is 0 Å². The van der Waals surface area contributed by atoms with E-state index in [4.69, 9.17) is 17.3 Å². The van der Waals surface area contributed by atoms with Crippen molar-refractivity contribution in [3.63, 3.8) is 0 Å². The van der Waals surface area contributed by atoms with Crippen molar-refractivity contribution in [2.75, 3.05) is 11.5 Å². The molecular weight excluding hydrogens is 276 g/mol. The second-order valence-electron chi connectivity index (χ2n) is 3.92. The van der Waals surface area contributed by atoms with Crippen LogP contribution in [0.15, 0.2) is 41.6 Å². The van der Waals surface area contributed by atoms with Crippen LogP contribution in [0.4, 0.5) is 11.6 Å². The number of benzene rings is 1. The van der Waals surface area contributed by atoms with Crippen LogP contribution in [-0.4, -0.2) is 15.9 Å². The summed E-state index contributed by atoms with van der Waals surface area (Å²) < 4.78 is 0. The number of carbonyl (C=O) groups excluding carboxylic acids is 1. The second-order valence-corrected chi connectivity index (χ2v) is 4.99. The van der Waals surface area contributed by atoms with Crippen LogP contribution in [-0.2, 0) is 4.79 Å². The molecule has 1 heterocycles. The summed E-state index contributed by atoms with van der Waals surface area (Å²) >= 11 is 1.13. The van der Waals surface area contributed by atoms with Crippen LogP contribution in [0, 0.1) is 0 Å². The molecule has 0 saturated heterocycles. The number of anilines is 2. The molecule has 0 aliphatic heterocycles. The molecule has 0 aliphatic rings. The maximum absolute atomic E-state index is 11.9. The fourth-order valence-corrected chi connectivity index (χ4v) is 2.59. The standard InChI is InChI=1S/C12H14N6OS/c13-8-6-9(14)17-12(16-8)20-10(11(19)18-15)7-4-2-1-3-5-7/h1-6,10H,15H2,(H,18,19)(H4,13,14,16,17). The fraction of sp³-hybridized carbons (Fsp3) is 0.0833. The zero-order chi connectivity index (χ0) is 14.5. The van der Waals surface area contributed by atoms with Gasteiger partial charge in [0.05, 0.1) is 0 Å². The summed E-state index contributed by atoms with van der Waals surface area (Å²) in [4.78, 5) is 20.0. The Bertz CT molecular complexity index is 586. The van der Waals surface area contributed by atoms with E-state index < -0.39 is 5.25 Å². The van der Waals surface area contributed by atoms with Crippen LogP contribution in [0.5, 0.6) is 0 Å². The van der Waals surface area contributed by atoms with Gasteiger partial charge >= 0.3 is 0 Å². The Kier molecular flexibility index (Phi) is 4.38. The number of amides is 1. The van der Waals surface area contributed by atoms with Crippen molar-refractivity contribution in [3.05, 3.63) is 42.0 Å². The van der Waals surface area contributed by atoms with Gasteiger partial charge in [0.1, 0.15) is 16.9 Å². The van der Waals surface area contributed by atoms with Gasteiger partial charge in [-0.3, -0.25) is 10.2 Å². The van der Waals surface area contributed by atoms with E-state index in [1.807, 2.05) is 30.3 Å². The lowest BCUT2D eigenvalue weighted by Gasteiger charge is -2.14. The maximum Gasteiger partial charge on any atom is 0.251 e. The lowest BCUT2D eigenvalue weighted by molar-refractivity contribution is -0.120. The van der Waals surface area contributed by atoms with E-state index in [2.05, 4.69) is 15.4 Å². The molecule has 0 aliphatic carbocycles. The van der Waals surface area contributed by atoms with E-state index in [1.165, 1.54) is 6.07 Å². The smallest absolute Gasteiger partial charge is 0.251 e. The molecule has 1 atom stereocenters. The van der Waals surface area contributed by atoms with E-state index in [0.29, 0.717) is 5.16 Å². The lowest BCUT2D eigenvalue weighted by Crippen LogP contribution is -2.33. The number of rotatable bonds is 4. The predicted molar refractivity (Wildman–Crippen MR) is 78.2 cm³/mol. The molecule has 7 N–H and O–H groups in total. The number of nitrogens with zero attached hydrogens (tertiary/aromatic N) is 2. The zero-order valence-electron chi connectivity index (χ0n) is 10.5. The summed E-state index contributed by atoms with van der Waals surface area (Å²) in [7, 11) is 0. The Morgan fingerprint density at radius 2 is 1.75 bits per heavy atom. The Morgan fingerprint density at radius 1 is 1.15 bits per heavy atom. The molecule has 1 aromatic heterocycles. The first kappa shape index (κ1) is 14.1. The number of nitrogens with two attached hydrogens (primary N) is 3. The van der Waals surface area contributed by atoms with Crippen molar-refractivity contribution in [1.29, 1.82) is 0 Å². The van der Waals surface area contributed by atoms with Gasteiger partial charge in [-0.05, 0) is 5.56 Å². The van der Waals surface area contributed by atoms with Gasteiger partial charge in [0, 0.05) is 6.07 Å². The molecule has 20 heavy (non-hydrogen) atoms. The highest BCUT2D eigenvalue weighted by molar-refractivity contribution is 8.00. The quantitative estimate of drug-likeness (QED) is 0.211. The molecule has 0 bridgehead atoms. The monoisotopic (exact) mass is 290 g/mol. The highest BCUT2D eigenvalue weighted by Crippen LogP contribution is 2.33. The number of nitrogen functional groups attached to an aromatic ring is 2. The Balaban J connectivity index is 2.31. The van der Waals surface area contributed by atoms with Gasteiger partial charge in [0.15, 0.2) is 5.16 Å². The molecule has 8 heteroatoms. The van der Waals surface area contributed by atoms with E-state index in [9.17, 15) is 4.79 Å². The van der Waals surface area contributed by atoms with Gasteiger partial charge in [-0.15, -0.1) is 0 Å². The van der Waals surface area contributed by atoms with Crippen molar-refractivity contribution in [2.45, 2.75) is 10.4 Å². The average molecular weight is 290 g/mol. The number of nitrogens with one attached hydrogen (secondary N) is 1. The van der Waals surface area contributed by atoms with Crippen molar-refractivity contribution in [2.24, 2.45) is 5.84 Å². The summed E-state index contributed by atoms with van der Waals surface area (Å²) in [6, 6.07) is 10.6. The normalized spacial score (nSPS) is 11.8. The minimum absolute atomic E-state index is 0.250. The molecule has 1 aromatic carbocycles. The van der Waals surface area contributed by atoms with Gasteiger partial charge in [0.2, 0.25) is 0 Å². The molecule has 0 fully saturated rings. The van der Waals surface area contributed by atoms with Crippen molar-refractivity contribution in [1.82, 2.24) is 15.4 Å². The van der Waals surface area contributed by atoms with Crippen LogP contribution in [0.1, 0.15) is 10.8 Å². The van der Waals surface area contributed by atoms with E-state index in [-0.39, 0.29) is 17.5 Å². The minimum Gasteiger partial charge on any atom is -0.383 e. The molecule has 2 rings (SSSR count). The molecule has 1 unspecified atom stereocenters. The predicted octanol–water partition coefficient (Wildman–Crippen LogP) is 0.464. The molecule has 7 nitrogen and oxygen atoms in total. The van der Waals surface area contributed by atoms with Crippen LogP contribution in [0.2, 0.25) is 0 Å². The van der Waals surface area contributed by atoms with Gasteiger partial charge in [-0.1, -0.05) is 42.1 Å². The average Bonchev–Trinajstić information content (AvgIpc) is 2.44. The third-order valence-electron chi connectivity index (χ3n) is 2.45. The summed E-state index contributed by atoms with van der Waals surface area (Å²) in [6.07, 6.45) is 0. The highest BCUT2D eigenvalue weighted by Gasteiger charge is 2.22. The van der Waals surface area contributed by atoms with Crippen LogP contribution in [0.3, 0.4) is 0 Å². The number of hydrazine groups is 1. The summed E-state index contributed by atoms with van der Waals surface area (Å²) in [5.41, 5.74) is 14.1. The molecule has 0 spiro atoms. The molecule has 0 radical (unpaired) electrons. The minimum atomic E-state index is -0.581. The van der Waals surface area contributed by atoms with Crippen LogP contribution in [0.25, 0.3) is 0 Å². The SMILES string of the molecule is NNC(=O)C(Sc1nc(N)cc(N)n1)c1ccccc1. The third-order valence-corrected chi connectivity index (χ3v) is 3.57. The molecular formula is C12H14N6OS. The van der Waals surface area contributed by atoms with Crippen LogP contribution < -0.4 is 22.7 Å². The van der Waals surface area contributed by atoms with Gasteiger partial charge in [-0.25, -0.2) is 15.8 Å². The van der Waals surface area contributed by atoms with Crippen LogP contribution >= 0.6 is 11.8 Å². The topological polar surface area (TPSA) is 133 Å². The Labute approximate surface area is 119 Å². The first-order valence-electron chi connectivity index (χ1n) is 5.72. The van der Waals surface area contributed by atoms with E-state index >= 15 is 0 Å². The lowest BCUT2D eigenvalue weighted by atomic mass is 10.1. The van der Waals surface area contributed by atoms with Crippen molar-refractivity contribution >= 4 is 29.3 Å². The van der Waals surface area contributed by atoms with Gasteiger partial charge < -0.3 is 11.5 Å². The number of carbonyl (C=O) groups is 1. The number of aromatic nitrogens is 2. The highest BCUT2D eigenvalue weighted by atomic mass is 32.2. The second kappa shape index (κ2) is 6.22. The largest absolute Gasteiger partial charge is 0.383 e. The first-order valence-corrected chi connectivity index (χ1v) is 6.60. The number of hydrogen-bond donors (Lipinski definition) is 4. The fourth-order valence-electron chi connectivity index (χ4n) is 1.60. The maximum atomic E-state index is 11.9. The summed E-state index contributed by atoms with van der Waals surface area (Å²) in [6.45, 7) is 0.